The zero-order valence-corrected chi connectivity index (χ0v) is 7.97. The molecule has 0 aliphatic carbocycles. The van der Waals surface area contributed by atoms with Gasteiger partial charge in [0.2, 0.25) is 0 Å². The smallest absolute Gasteiger partial charge is 0.315 e. The van der Waals surface area contributed by atoms with Crippen molar-refractivity contribution in [3.05, 3.63) is 0 Å². The van der Waals surface area contributed by atoms with Crippen molar-refractivity contribution in [3.8, 4) is 0 Å². The van der Waals surface area contributed by atoms with Gasteiger partial charge in [0, 0.05) is 17.4 Å². The molecule has 0 aromatic carbocycles. The van der Waals surface area contributed by atoms with Crippen LogP contribution in [0.4, 0.5) is 4.79 Å². The van der Waals surface area contributed by atoms with E-state index < -0.39 is 0 Å². The van der Waals surface area contributed by atoms with Crippen molar-refractivity contribution in [2.45, 2.75) is 30.2 Å². The number of rotatable bonds is 3. The molecule has 0 unspecified atom stereocenters. The van der Waals surface area contributed by atoms with E-state index in [1.165, 1.54) is 0 Å². The molecule has 4 nitrogen and oxygen atoms in total. The normalized spacial score (nSPS) is 36.6. The van der Waals surface area contributed by atoms with Crippen LogP contribution in [0.25, 0.3) is 0 Å². The Kier molecular flexibility index (Phi) is 2.44. The van der Waals surface area contributed by atoms with Crippen LogP contribution in [0.5, 0.6) is 0 Å². The lowest BCUT2D eigenvalue weighted by molar-refractivity contribution is -0.107. The van der Waals surface area contributed by atoms with Crippen molar-refractivity contribution in [1.29, 1.82) is 0 Å². The number of amides is 2. The molecule has 0 radical (unpaired) electrons. The molecule has 2 heterocycles. The maximum atomic E-state index is 11.0. The Balaban J connectivity index is 1.92. The molecule has 0 saturated carbocycles. The standard InChI is InChI=1S/C8H12N2O2S/c11-3-1-2-6-7-5(4-13-6)9-8(12)10-7/h3,5-7H,1-2,4H2,(H2,9,10,12)/t5-,6-,7-/m0/s1. The summed E-state index contributed by atoms with van der Waals surface area (Å²) in [5.41, 5.74) is 0. The molecule has 5 heteroatoms. The summed E-state index contributed by atoms with van der Waals surface area (Å²) >= 11 is 1.84. The van der Waals surface area contributed by atoms with Crippen LogP contribution in [0.1, 0.15) is 12.8 Å². The van der Waals surface area contributed by atoms with Crippen LogP contribution in [0, 0.1) is 0 Å². The fourth-order valence-electron chi connectivity index (χ4n) is 1.88. The molecule has 2 saturated heterocycles. The summed E-state index contributed by atoms with van der Waals surface area (Å²) in [6.07, 6.45) is 2.41. The number of nitrogens with one attached hydrogen (secondary N) is 2. The molecule has 2 aliphatic heterocycles. The van der Waals surface area contributed by atoms with Crippen LogP contribution in [-0.4, -0.2) is 35.4 Å². The van der Waals surface area contributed by atoms with Gasteiger partial charge in [-0.1, -0.05) is 0 Å². The third-order valence-corrected chi connectivity index (χ3v) is 4.02. The first kappa shape index (κ1) is 8.87. The molecule has 2 rings (SSSR count). The molecule has 2 fully saturated rings. The van der Waals surface area contributed by atoms with E-state index in [-0.39, 0.29) is 18.1 Å². The lowest BCUT2D eigenvalue weighted by Crippen LogP contribution is -2.36. The Morgan fingerprint density at radius 2 is 2.38 bits per heavy atom. The molecule has 2 aliphatic rings. The number of fused-ring (bicyclic) bond motifs is 1. The van der Waals surface area contributed by atoms with Crippen molar-refractivity contribution in [2.75, 3.05) is 5.75 Å². The van der Waals surface area contributed by atoms with Gasteiger partial charge < -0.3 is 15.4 Å². The number of thioether (sulfide) groups is 1. The highest BCUT2D eigenvalue weighted by Gasteiger charge is 2.42. The first-order valence-corrected chi connectivity index (χ1v) is 5.48. The highest BCUT2D eigenvalue weighted by molar-refractivity contribution is 8.00. The minimum atomic E-state index is -0.0635. The van der Waals surface area contributed by atoms with Crippen LogP contribution < -0.4 is 10.6 Å². The third kappa shape index (κ3) is 1.65. The van der Waals surface area contributed by atoms with Gasteiger partial charge in [-0.2, -0.15) is 11.8 Å². The van der Waals surface area contributed by atoms with Gasteiger partial charge in [0.25, 0.3) is 0 Å². The fraction of sp³-hybridized carbons (Fsp3) is 0.750. The topological polar surface area (TPSA) is 58.2 Å². The van der Waals surface area contributed by atoms with Crippen LogP contribution >= 0.6 is 11.8 Å². The summed E-state index contributed by atoms with van der Waals surface area (Å²) in [7, 11) is 0. The van der Waals surface area contributed by atoms with Gasteiger partial charge in [-0.25, -0.2) is 4.79 Å². The predicted octanol–water partition coefficient (Wildman–Crippen LogP) is 0.131. The molecule has 3 atom stereocenters. The minimum absolute atomic E-state index is 0.0635. The number of carbonyl (C=O) groups is 2. The quantitative estimate of drug-likeness (QED) is 0.503. The Morgan fingerprint density at radius 1 is 1.54 bits per heavy atom. The Hall–Kier alpha value is -0.710. The molecule has 72 valence electrons. The summed E-state index contributed by atoms with van der Waals surface area (Å²) in [6, 6.07) is 0.443. The third-order valence-electron chi connectivity index (χ3n) is 2.51. The monoisotopic (exact) mass is 200 g/mol. The minimum Gasteiger partial charge on any atom is -0.332 e. The Morgan fingerprint density at radius 3 is 3.15 bits per heavy atom. The van der Waals surface area contributed by atoms with Gasteiger partial charge >= 0.3 is 6.03 Å². The van der Waals surface area contributed by atoms with E-state index in [2.05, 4.69) is 10.6 Å². The van der Waals surface area contributed by atoms with Crippen molar-refractivity contribution >= 4 is 24.1 Å². The lowest BCUT2D eigenvalue weighted by Gasteiger charge is -2.14. The Labute approximate surface area is 80.8 Å². The second-order valence-corrected chi connectivity index (χ2v) is 4.64. The second kappa shape index (κ2) is 3.57. The van der Waals surface area contributed by atoms with Gasteiger partial charge in [0.1, 0.15) is 6.29 Å². The van der Waals surface area contributed by atoms with Gasteiger partial charge in [0.15, 0.2) is 0 Å². The highest BCUT2D eigenvalue weighted by Crippen LogP contribution is 2.32. The molecule has 0 aromatic heterocycles. The zero-order chi connectivity index (χ0) is 9.26. The summed E-state index contributed by atoms with van der Waals surface area (Å²) in [5, 5.41) is 6.16. The second-order valence-electron chi connectivity index (χ2n) is 3.37. The molecule has 0 bridgehead atoms. The Bertz CT molecular complexity index is 234. The maximum absolute atomic E-state index is 11.0. The van der Waals surface area contributed by atoms with Gasteiger partial charge in [-0.05, 0) is 6.42 Å². The average molecular weight is 200 g/mol. The van der Waals surface area contributed by atoms with Gasteiger partial charge in [-0.15, -0.1) is 0 Å². The van der Waals surface area contributed by atoms with E-state index >= 15 is 0 Å². The van der Waals surface area contributed by atoms with Crippen molar-refractivity contribution in [3.63, 3.8) is 0 Å². The van der Waals surface area contributed by atoms with Crippen LogP contribution in [0.2, 0.25) is 0 Å². The van der Waals surface area contributed by atoms with Gasteiger partial charge in [-0.3, -0.25) is 0 Å². The van der Waals surface area contributed by atoms with Crippen LogP contribution in [-0.2, 0) is 4.79 Å². The van der Waals surface area contributed by atoms with E-state index in [1.54, 1.807) is 0 Å². The number of hydrogen-bond acceptors (Lipinski definition) is 3. The highest BCUT2D eigenvalue weighted by atomic mass is 32.2. The fourth-order valence-corrected chi connectivity index (χ4v) is 3.39. The predicted molar refractivity (Wildman–Crippen MR) is 50.8 cm³/mol. The number of urea groups is 1. The summed E-state index contributed by atoms with van der Waals surface area (Å²) in [6.45, 7) is 0. The molecular formula is C8H12N2O2S. The average Bonchev–Trinajstić information content (AvgIpc) is 2.61. The van der Waals surface area contributed by atoms with Gasteiger partial charge in [0.05, 0.1) is 12.1 Å². The molecule has 0 spiro atoms. The molecule has 0 aromatic rings. The summed E-state index contributed by atoms with van der Waals surface area (Å²) in [5.74, 6) is 0.965. The molecule has 13 heavy (non-hydrogen) atoms. The largest absolute Gasteiger partial charge is 0.332 e. The van der Waals surface area contributed by atoms with E-state index in [4.69, 9.17) is 0 Å². The SMILES string of the molecule is O=CCC[C@@H]1SC[C@@H]2NC(=O)N[C@@H]21. The molecular weight excluding hydrogens is 188 g/mol. The summed E-state index contributed by atoms with van der Waals surface area (Å²) in [4.78, 5) is 21.2. The van der Waals surface area contributed by atoms with E-state index in [1.807, 2.05) is 11.8 Å². The van der Waals surface area contributed by atoms with Crippen LogP contribution in [0.3, 0.4) is 0 Å². The maximum Gasteiger partial charge on any atom is 0.315 e. The van der Waals surface area contributed by atoms with E-state index in [0.29, 0.717) is 11.7 Å². The zero-order valence-electron chi connectivity index (χ0n) is 7.16. The number of aldehydes is 1. The van der Waals surface area contributed by atoms with E-state index in [0.717, 1.165) is 18.5 Å². The summed E-state index contributed by atoms with van der Waals surface area (Å²) < 4.78 is 0. The van der Waals surface area contributed by atoms with Crippen molar-refractivity contribution < 1.29 is 9.59 Å². The van der Waals surface area contributed by atoms with Crippen molar-refractivity contribution in [2.24, 2.45) is 0 Å². The van der Waals surface area contributed by atoms with E-state index in [9.17, 15) is 9.59 Å². The number of hydrogen-bond donors (Lipinski definition) is 2. The van der Waals surface area contributed by atoms with Crippen molar-refractivity contribution in [1.82, 2.24) is 10.6 Å². The molecule has 2 N–H and O–H groups in total. The van der Waals surface area contributed by atoms with Crippen LogP contribution in [0.15, 0.2) is 0 Å². The number of carbonyl (C=O) groups excluding carboxylic acids is 2. The molecule has 2 amide bonds. The lowest BCUT2D eigenvalue weighted by atomic mass is 10.1. The first-order valence-electron chi connectivity index (χ1n) is 4.43. The first-order chi connectivity index (χ1) is 6.31.